The van der Waals surface area contributed by atoms with Gasteiger partial charge < -0.3 is 4.84 Å². The molecular formula is C26H26N2O2. The summed E-state index contributed by atoms with van der Waals surface area (Å²) in [5.41, 5.74) is 3.59. The Morgan fingerprint density at radius 1 is 0.867 bits per heavy atom. The second-order valence-corrected chi connectivity index (χ2v) is 7.74. The highest BCUT2D eigenvalue weighted by atomic mass is 16.7. The molecule has 30 heavy (non-hydrogen) atoms. The Kier molecular flexibility index (Phi) is 5.68. The first-order valence-electron chi connectivity index (χ1n) is 10.2. The van der Waals surface area contributed by atoms with Gasteiger partial charge in [-0.3, -0.25) is 10.1 Å². The van der Waals surface area contributed by atoms with Crippen molar-refractivity contribution in [3.8, 4) is 0 Å². The molecule has 1 fully saturated rings. The molecule has 0 aromatic heterocycles. The van der Waals surface area contributed by atoms with Crippen molar-refractivity contribution < 1.29 is 9.63 Å². The highest BCUT2D eigenvalue weighted by Crippen LogP contribution is 2.38. The van der Waals surface area contributed by atoms with Crippen LogP contribution in [0.15, 0.2) is 103 Å². The number of hydrogen-bond acceptors (Lipinski definition) is 3. The van der Waals surface area contributed by atoms with Crippen LogP contribution < -0.4 is 5.32 Å². The van der Waals surface area contributed by atoms with Crippen molar-refractivity contribution in [3.63, 3.8) is 0 Å². The number of β-lactam (4-membered cyclic amide) rings is 1. The molecule has 0 bridgehead atoms. The molecule has 1 aliphatic rings. The highest BCUT2D eigenvalue weighted by Gasteiger charge is 2.46. The van der Waals surface area contributed by atoms with Crippen molar-refractivity contribution in [2.45, 2.75) is 25.4 Å². The number of rotatable bonds is 7. The molecule has 1 N–H and O–H groups in total. The van der Waals surface area contributed by atoms with Crippen molar-refractivity contribution >= 4 is 5.91 Å². The Labute approximate surface area is 177 Å². The number of carbonyl (C=O) groups is 1. The third-order valence-electron chi connectivity index (χ3n) is 5.32. The Hall–Kier alpha value is -3.37. The Morgan fingerprint density at radius 2 is 1.30 bits per heavy atom. The molecule has 0 saturated carbocycles. The molecule has 4 nitrogen and oxygen atoms in total. The zero-order valence-corrected chi connectivity index (χ0v) is 17.3. The van der Waals surface area contributed by atoms with Gasteiger partial charge in [0, 0.05) is 0 Å². The van der Waals surface area contributed by atoms with Gasteiger partial charge in [0.1, 0.15) is 12.3 Å². The number of nitrogens with zero attached hydrogens (tertiary/aromatic N) is 1. The summed E-state index contributed by atoms with van der Waals surface area (Å²) in [6.07, 6.45) is 1.60. The van der Waals surface area contributed by atoms with Crippen LogP contribution in [-0.2, 0) is 15.2 Å². The lowest BCUT2D eigenvalue weighted by atomic mass is 9.76. The maximum absolute atomic E-state index is 12.9. The summed E-state index contributed by atoms with van der Waals surface area (Å²) < 4.78 is 0. The van der Waals surface area contributed by atoms with E-state index in [2.05, 4.69) is 41.7 Å². The van der Waals surface area contributed by atoms with Crippen molar-refractivity contribution in [2.24, 2.45) is 0 Å². The molecule has 0 radical (unpaired) electrons. The molecule has 1 heterocycles. The van der Waals surface area contributed by atoms with Crippen molar-refractivity contribution in [1.82, 2.24) is 10.4 Å². The zero-order chi connectivity index (χ0) is 21.0. The molecule has 3 aromatic rings. The van der Waals surface area contributed by atoms with Gasteiger partial charge in [0.25, 0.3) is 5.91 Å². The largest absolute Gasteiger partial charge is 0.385 e. The third-order valence-corrected chi connectivity index (χ3v) is 5.32. The van der Waals surface area contributed by atoms with Crippen molar-refractivity contribution in [3.05, 3.63) is 120 Å². The monoisotopic (exact) mass is 398 g/mol. The topological polar surface area (TPSA) is 41.6 Å². The van der Waals surface area contributed by atoms with Crippen LogP contribution in [0.1, 0.15) is 30.5 Å². The van der Waals surface area contributed by atoms with Gasteiger partial charge in [-0.2, -0.15) is 5.06 Å². The summed E-state index contributed by atoms with van der Waals surface area (Å²) in [6, 6.07) is 30.5. The molecule has 4 rings (SSSR count). The van der Waals surface area contributed by atoms with E-state index >= 15 is 0 Å². The fourth-order valence-electron chi connectivity index (χ4n) is 3.84. The van der Waals surface area contributed by atoms with E-state index in [9.17, 15) is 4.79 Å². The third kappa shape index (κ3) is 3.74. The van der Waals surface area contributed by atoms with Crippen LogP contribution in [-0.4, -0.2) is 23.6 Å². The smallest absolute Gasteiger partial charge is 0.274 e. The van der Waals surface area contributed by atoms with E-state index in [-0.39, 0.29) is 11.9 Å². The van der Waals surface area contributed by atoms with Gasteiger partial charge in [0.05, 0.1) is 12.1 Å². The molecular weight excluding hydrogens is 372 g/mol. The van der Waals surface area contributed by atoms with Gasteiger partial charge in [0.15, 0.2) is 0 Å². The second kappa shape index (κ2) is 8.56. The van der Waals surface area contributed by atoms with Crippen LogP contribution >= 0.6 is 0 Å². The quantitative estimate of drug-likeness (QED) is 0.358. The number of carbonyl (C=O) groups excluding carboxylic acids is 1. The van der Waals surface area contributed by atoms with Crippen LogP contribution in [0.2, 0.25) is 0 Å². The lowest BCUT2D eigenvalue weighted by Gasteiger charge is -2.44. The maximum Gasteiger partial charge on any atom is 0.274 e. The summed E-state index contributed by atoms with van der Waals surface area (Å²) in [7, 11) is 0. The molecule has 1 saturated heterocycles. The fraction of sp³-hybridized carbons (Fsp3) is 0.192. The van der Waals surface area contributed by atoms with Crippen LogP contribution in [0.4, 0.5) is 0 Å². The predicted octanol–water partition coefficient (Wildman–Crippen LogP) is 4.63. The van der Waals surface area contributed by atoms with E-state index < -0.39 is 5.54 Å². The average molecular weight is 399 g/mol. The zero-order valence-electron chi connectivity index (χ0n) is 17.3. The van der Waals surface area contributed by atoms with Gasteiger partial charge in [0.2, 0.25) is 0 Å². The minimum atomic E-state index is -0.660. The lowest BCUT2D eigenvalue weighted by Crippen LogP contribution is -2.66. The van der Waals surface area contributed by atoms with E-state index in [1.807, 2.05) is 68.4 Å². The van der Waals surface area contributed by atoms with Gasteiger partial charge >= 0.3 is 0 Å². The maximum atomic E-state index is 12.9. The Morgan fingerprint density at radius 3 is 1.67 bits per heavy atom. The summed E-state index contributed by atoms with van der Waals surface area (Å²) in [6.45, 7) is 4.35. The van der Waals surface area contributed by atoms with E-state index in [1.165, 1.54) is 5.06 Å². The normalized spacial score (nSPS) is 16.0. The predicted molar refractivity (Wildman–Crippen MR) is 118 cm³/mol. The van der Waals surface area contributed by atoms with Crippen molar-refractivity contribution in [2.75, 3.05) is 6.54 Å². The number of hydroxylamine groups is 2. The molecule has 152 valence electrons. The molecule has 0 spiro atoms. The van der Waals surface area contributed by atoms with Crippen LogP contribution in [0.3, 0.4) is 0 Å². The highest BCUT2D eigenvalue weighted by molar-refractivity contribution is 5.87. The van der Waals surface area contributed by atoms with E-state index in [0.29, 0.717) is 6.54 Å². The first-order valence-corrected chi connectivity index (χ1v) is 10.2. The first kappa shape index (κ1) is 19.9. The molecule has 3 aromatic carbocycles. The average Bonchev–Trinajstić information content (AvgIpc) is 2.80. The standard InChI is InChI=1S/C26H26N2O2/c1-20(2)19-30-28-18-24(25(28)29)27-26(21-12-6-3-7-13-21,22-14-8-4-9-15-22)23-16-10-5-11-17-23/h3-17,19,24,27H,18H2,1-2H3. The van der Waals surface area contributed by atoms with Crippen LogP contribution in [0, 0.1) is 0 Å². The Balaban J connectivity index is 1.77. The molecule has 1 aliphatic heterocycles. The summed E-state index contributed by atoms with van der Waals surface area (Å²) in [5, 5.41) is 5.09. The van der Waals surface area contributed by atoms with E-state index in [4.69, 9.17) is 4.84 Å². The molecule has 1 unspecified atom stereocenters. The number of benzene rings is 3. The van der Waals surface area contributed by atoms with Gasteiger partial charge in [-0.05, 0) is 36.1 Å². The first-order chi connectivity index (χ1) is 14.6. The minimum absolute atomic E-state index is 0.0698. The van der Waals surface area contributed by atoms with Gasteiger partial charge in [-0.25, -0.2) is 0 Å². The number of hydrogen-bond donors (Lipinski definition) is 1. The van der Waals surface area contributed by atoms with Crippen LogP contribution in [0.25, 0.3) is 0 Å². The Bertz CT molecular complexity index is 916. The summed E-state index contributed by atoms with van der Waals surface area (Å²) in [5.74, 6) is -0.0698. The van der Waals surface area contributed by atoms with E-state index in [1.54, 1.807) is 6.26 Å². The molecule has 4 heteroatoms. The van der Waals surface area contributed by atoms with Crippen LogP contribution in [0.5, 0.6) is 0 Å². The number of amides is 1. The molecule has 1 amide bonds. The van der Waals surface area contributed by atoms with Crippen molar-refractivity contribution in [1.29, 1.82) is 0 Å². The van der Waals surface area contributed by atoms with Gasteiger partial charge in [-0.1, -0.05) is 91.0 Å². The molecule has 0 aliphatic carbocycles. The number of allylic oxidation sites excluding steroid dienone is 1. The summed E-state index contributed by atoms with van der Waals surface area (Å²) >= 11 is 0. The van der Waals surface area contributed by atoms with E-state index in [0.717, 1.165) is 22.3 Å². The van der Waals surface area contributed by atoms with Gasteiger partial charge in [-0.15, -0.1) is 0 Å². The fourth-order valence-corrected chi connectivity index (χ4v) is 3.84. The number of nitrogens with one attached hydrogen (secondary N) is 1. The minimum Gasteiger partial charge on any atom is -0.385 e. The SMILES string of the molecule is CC(C)=CON1CC(NC(c2ccccc2)(c2ccccc2)c2ccccc2)C1=O. The second-order valence-electron chi connectivity index (χ2n) is 7.74. The molecule has 1 atom stereocenters. The summed E-state index contributed by atoms with van der Waals surface area (Å²) in [4.78, 5) is 18.4. The lowest BCUT2D eigenvalue weighted by molar-refractivity contribution is -0.194.